The number of carboxylic acid groups (broad SMARTS) is 1. The molecule has 132 valence electrons. The fourth-order valence-corrected chi connectivity index (χ4v) is 3.32. The Balaban J connectivity index is 1.56. The lowest BCUT2D eigenvalue weighted by Crippen LogP contribution is -2.47. The molecule has 0 radical (unpaired) electrons. The van der Waals surface area contributed by atoms with E-state index in [1.807, 2.05) is 11.0 Å². The number of nitrogens with zero attached hydrogens (tertiary/aromatic N) is 4. The van der Waals surface area contributed by atoms with E-state index >= 15 is 0 Å². The maximum atomic E-state index is 12.5. The zero-order chi connectivity index (χ0) is 16.9. The Morgan fingerprint density at radius 2 is 2.04 bits per heavy atom. The van der Waals surface area contributed by atoms with Gasteiger partial charge in [-0.15, -0.1) is 0 Å². The zero-order valence-electron chi connectivity index (χ0n) is 13.8. The first-order valence-electron chi connectivity index (χ1n) is 8.45. The molecule has 1 amide bonds. The van der Waals surface area contributed by atoms with Crippen molar-refractivity contribution in [3.8, 4) is 0 Å². The van der Waals surface area contributed by atoms with Gasteiger partial charge < -0.3 is 14.7 Å². The third-order valence-electron chi connectivity index (χ3n) is 4.61. The SMILES string of the molecule is O=C(O)Cn1ccc([C@@H]2CCCN(C(=O)CN3CCOCC3)C2)n1. The summed E-state index contributed by atoms with van der Waals surface area (Å²) in [5.41, 5.74) is 0.875. The van der Waals surface area contributed by atoms with Crippen molar-refractivity contribution in [1.82, 2.24) is 19.6 Å². The Bertz CT molecular complexity index is 582. The van der Waals surface area contributed by atoms with Crippen LogP contribution in [0, 0.1) is 0 Å². The molecule has 1 N–H and O–H groups in total. The number of carbonyl (C=O) groups is 2. The molecular weight excluding hydrogens is 312 g/mol. The van der Waals surface area contributed by atoms with Crippen molar-refractivity contribution in [1.29, 1.82) is 0 Å². The first-order valence-corrected chi connectivity index (χ1v) is 8.45. The molecule has 1 atom stereocenters. The van der Waals surface area contributed by atoms with Crippen LogP contribution in [-0.2, 0) is 20.9 Å². The molecule has 2 fully saturated rings. The van der Waals surface area contributed by atoms with Crippen LogP contribution in [0.4, 0.5) is 0 Å². The summed E-state index contributed by atoms with van der Waals surface area (Å²) in [5, 5.41) is 13.2. The second kappa shape index (κ2) is 7.76. The summed E-state index contributed by atoms with van der Waals surface area (Å²) in [4.78, 5) is 27.3. The molecule has 0 bridgehead atoms. The minimum Gasteiger partial charge on any atom is -0.480 e. The summed E-state index contributed by atoms with van der Waals surface area (Å²) in [6, 6.07) is 1.86. The summed E-state index contributed by atoms with van der Waals surface area (Å²) in [7, 11) is 0. The average Bonchev–Trinajstić information content (AvgIpc) is 3.03. The average molecular weight is 336 g/mol. The second-order valence-electron chi connectivity index (χ2n) is 6.40. The van der Waals surface area contributed by atoms with Crippen LogP contribution in [0.25, 0.3) is 0 Å². The normalized spacial score (nSPS) is 22.5. The summed E-state index contributed by atoms with van der Waals surface area (Å²) in [6.45, 7) is 4.76. The van der Waals surface area contributed by atoms with Crippen LogP contribution in [-0.4, -0.2) is 82.5 Å². The molecule has 1 aromatic rings. The van der Waals surface area contributed by atoms with E-state index in [0.717, 1.165) is 38.2 Å². The van der Waals surface area contributed by atoms with Crippen LogP contribution in [0.3, 0.4) is 0 Å². The molecule has 0 saturated carbocycles. The number of piperidine rings is 1. The molecule has 1 aromatic heterocycles. The van der Waals surface area contributed by atoms with Gasteiger partial charge in [-0.25, -0.2) is 0 Å². The fourth-order valence-electron chi connectivity index (χ4n) is 3.32. The number of likely N-dealkylation sites (tertiary alicyclic amines) is 1. The van der Waals surface area contributed by atoms with Crippen LogP contribution in [0.15, 0.2) is 12.3 Å². The van der Waals surface area contributed by atoms with Gasteiger partial charge >= 0.3 is 5.97 Å². The number of ether oxygens (including phenoxy) is 1. The maximum absolute atomic E-state index is 12.5. The van der Waals surface area contributed by atoms with Crippen molar-refractivity contribution >= 4 is 11.9 Å². The van der Waals surface area contributed by atoms with Crippen molar-refractivity contribution in [2.45, 2.75) is 25.3 Å². The van der Waals surface area contributed by atoms with Crippen molar-refractivity contribution < 1.29 is 19.4 Å². The van der Waals surface area contributed by atoms with Gasteiger partial charge in [-0.3, -0.25) is 19.2 Å². The van der Waals surface area contributed by atoms with E-state index in [2.05, 4.69) is 10.00 Å². The Morgan fingerprint density at radius 1 is 1.25 bits per heavy atom. The Morgan fingerprint density at radius 3 is 2.79 bits per heavy atom. The molecule has 0 aromatic carbocycles. The number of carbonyl (C=O) groups excluding carboxylic acids is 1. The number of amides is 1. The van der Waals surface area contributed by atoms with Crippen molar-refractivity contribution in [3.63, 3.8) is 0 Å². The van der Waals surface area contributed by atoms with Gasteiger partial charge in [0.05, 0.1) is 25.5 Å². The van der Waals surface area contributed by atoms with Gasteiger partial charge in [-0.2, -0.15) is 5.10 Å². The van der Waals surface area contributed by atoms with Crippen molar-refractivity contribution in [3.05, 3.63) is 18.0 Å². The number of hydrogen-bond donors (Lipinski definition) is 1. The number of carboxylic acids is 1. The highest BCUT2D eigenvalue weighted by Crippen LogP contribution is 2.25. The molecular formula is C16H24N4O4. The zero-order valence-corrected chi connectivity index (χ0v) is 13.8. The highest BCUT2D eigenvalue weighted by atomic mass is 16.5. The first kappa shape index (κ1) is 16.9. The van der Waals surface area contributed by atoms with Gasteiger partial charge in [0.2, 0.25) is 5.91 Å². The largest absolute Gasteiger partial charge is 0.480 e. The number of hydrogen-bond acceptors (Lipinski definition) is 5. The molecule has 3 heterocycles. The minimum atomic E-state index is -0.907. The van der Waals surface area contributed by atoms with Crippen LogP contribution >= 0.6 is 0 Å². The van der Waals surface area contributed by atoms with Crippen LogP contribution in [0.5, 0.6) is 0 Å². The smallest absolute Gasteiger partial charge is 0.325 e. The molecule has 0 spiro atoms. The van der Waals surface area contributed by atoms with Gasteiger partial charge in [0.25, 0.3) is 0 Å². The van der Waals surface area contributed by atoms with E-state index in [1.54, 1.807) is 6.20 Å². The number of aromatic nitrogens is 2. The van der Waals surface area contributed by atoms with Gasteiger partial charge in [0.1, 0.15) is 6.54 Å². The third kappa shape index (κ3) is 4.33. The molecule has 8 nitrogen and oxygen atoms in total. The molecule has 24 heavy (non-hydrogen) atoms. The highest BCUT2D eigenvalue weighted by Gasteiger charge is 2.27. The lowest BCUT2D eigenvalue weighted by atomic mass is 9.95. The summed E-state index contributed by atoms with van der Waals surface area (Å²) < 4.78 is 6.75. The predicted molar refractivity (Wildman–Crippen MR) is 85.7 cm³/mol. The highest BCUT2D eigenvalue weighted by molar-refractivity contribution is 5.78. The van der Waals surface area contributed by atoms with Gasteiger partial charge in [-0.05, 0) is 18.9 Å². The van der Waals surface area contributed by atoms with E-state index in [-0.39, 0.29) is 18.4 Å². The quantitative estimate of drug-likeness (QED) is 0.815. The first-order chi connectivity index (χ1) is 11.6. The Kier molecular flexibility index (Phi) is 5.47. The molecule has 8 heteroatoms. The molecule has 2 aliphatic heterocycles. The number of rotatable bonds is 5. The predicted octanol–water partition coefficient (Wildman–Crippen LogP) is 0.00590. The maximum Gasteiger partial charge on any atom is 0.325 e. The van der Waals surface area contributed by atoms with E-state index in [0.29, 0.717) is 26.3 Å². The van der Waals surface area contributed by atoms with Gasteiger partial charge in [-0.1, -0.05) is 0 Å². The van der Waals surface area contributed by atoms with Crippen molar-refractivity contribution in [2.24, 2.45) is 0 Å². The van der Waals surface area contributed by atoms with Crippen LogP contribution in [0.2, 0.25) is 0 Å². The molecule has 3 rings (SSSR count). The van der Waals surface area contributed by atoms with Gasteiger partial charge in [0.15, 0.2) is 0 Å². The fraction of sp³-hybridized carbons (Fsp3) is 0.688. The topological polar surface area (TPSA) is 87.9 Å². The van der Waals surface area contributed by atoms with E-state index in [4.69, 9.17) is 9.84 Å². The van der Waals surface area contributed by atoms with E-state index in [1.165, 1.54) is 4.68 Å². The molecule has 0 unspecified atom stereocenters. The van der Waals surface area contributed by atoms with E-state index in [9.17, 15) is 9.59 Å². The standard InChI is InChI=1S/C16H24N4O4/c21-15(11-18-6-8-24-9-7-18)19-4-1-2-13(10-19)14-3-5-20(17-14)12-16(22)23/h3,5,13H,1-2,4,6-12H2,(H,22,23)/t13-/m1/s1. The van der Waals surface area contributed by atoms with Crippen LogP contribution in [0.1, 0.15) is 24.5 Å². The van der Waals surface area contributed by atoms with Crippen LogP contribution < -0.4 is 0 Å². The van der Waals surface area contributed by atoms with Crippen molar-refractivity contribution in [2.75, 3.05) is 45.9 Å². The monoisotopic (exact) mass is 336 g/mol. The number of aliphatic carboxylic acids is 1. The Labute approximate surface area is 141 Å². The molecule has 2 aliphatic rings. The Hall–Kier alpha value is -1.93. The third-order valence-corrected chi connectivity index (χ3v) is 4.61. The van der Waals surface area contributed by atoms with E-state index < -0.39 is 5.97 Å². The lowest BCUT2D eigenvalue weighted by molar-refractivity contribution is -0.138. The summed E-state index contributed by atoms with van der Waals surface area (Å²) in [5.74, 6) is -0.565. The second-order valence-corrected chi connectivity index (χ2v) is 6.40. The lowest BCUT2D eigenvalue weighted by Gasteiger charge is -2.34. The summed E-state index contributed by atoms with van der Waals surface area (Å²) >= 11 is 0. The molecule has 2 saturated heterocycles. The van der Waals surface area contributed by atoms with Gasteiger partial charge in [0, 0.05) is 38.3 Å². The minimum absolute atomic E-state index is 0.133. The summed E-state index contributed by atoms with van der Waals surface area (Å²) in [6.07, 6.45) is 3.62. The number of morpholine rings is 1. The molecule has 0 aliphatic carbocycles.